The molecule has 1 aliphatic heterocycles. The van der Waals surface area contributed by atoms with Crippen molar-refractivity contribution < 1.29 is 13.2 Å². The molecule has 3 nitrogen and oxygen atoms in total. The molecule has 0 spiro atoms. The maximum Gasteiger partial charge on any atom is 0.390 e. The summed E-state index contributed by atoms with van der Waals surface area (Å²) in [5.41, 5.74) is 0. The molecule has 6 heteroatoms. The van der Waals surface area contributed by atoms with Crippen LogP contribution in [0.15, 0.2) is 4.99 Å². The number of nitrogens with zero attached hydrogens (tertiary/aromatic N) is 2. The van der Waals surface area contributed by atoms with Gasteiger partial charge in [-0.15, -0.1) is 0 Å². The van der Waals surface area contributed by atoms with Gasteiger partial charge in [-0.05, 0) is 6.42 Å². The number of alkyl halides is 3. The molecule has 1 aliphatic rings. The van der Waals surface area contributed by atoms with Crippen molar-refractivity contribution in [1.29, 1.82) is 0 Å². The zero-order valence-electron chi connectivity index (χ0n) is 8.06. The molecule has 0 radical (unpaired) electrons. The molecule has 0 atom stereocenters. The lowest BCUT2D eigenvalue weighted by molar-refractivity contribution is -0.132. The Balaban J connectivity index is 2.27. The van der Waals surface area contributed by atoms with Crippen molar-refractivity contribution in [1.82, 2.24) is 10.2 Å². The van der Waals surface area contributed by atoms with E-state index >= 15 is 0 Å². The van der Waals surface area contributed by atoms with Crippen molar-refractivity contribution in [2.45, 2.75) is 19.0 Å². The van der Waals surface area contributed by atoms with Crippen LogP contribution in [0.3, 0.4) is 0 Å². The molecule has 0 saturated carbocycles. The van der Waals surface area contributed by atoms with Crippen LogP contribution >= 0.6 is 0 Å². The van der Waals surface area contributed by atoms with Crippen molar-refractivity contribution in [2.75, 3.05) is 26.7 Å². The van der Waals surface area contributed by atoms with Gasteiger partial charge in [0, 0.05) is 26.7 Å². The molecule has 82 valence electrons. The fourth-order valence-corrected chi connectivity index (χ4v) is 1.23. The summed E-state index contributed by atoms with van der Waals surface area (Å²) in [6.07, 6.45) is -3.96. The van der Waals surface area contributed by atoms with Crippen LogP contribution in [0.2, 0.25) is 0 Å². The van der Waals surface area contributed by atoms with Crippen LogP contribution in [0.25, 0.3) is 0 Å². The Hall–Kier alpha value is -0.940. The second-order valence-corrected chi connectivity index (χ2v) is 3.27. The third kappa shape index (κ3) is 3.85. The molecule has 0 unspecified atom stereocenters. The summed E-state index contributed by atoms with van der Waals surface area (Å²) in [7, 11) is 1.82. The van der Waals surface area contributed by atoms with Crippen molar-refractivity contribution in [3.8, 4) is 0 Å². The van der Waals surface area contributed by atoms with E-state index in [2.05, 4.69) is 10.3 Å². The molecule has 14 heavy (non-hydrogen) atoms. The Morgan fingerprint density at radius 1 is 1.50 bits per heavy atom. The van der Waals surface area contributed by atoms with Crippen molar-refractivity contribution in [3.05, 3.63) is 0 Å². The standard InChI is InChI=1S/C8H14F3N3/c1-14-6-2-4-12-7(14)13-5-3-8(9,10)11/h2-6H2,1H3,(H,12,13). The highest BCUT2D eigenvalue weighted by molar-refractivity contribution is 5.80. The number of guanidine groups is 1. The first kappa shape index (κ1) is 11.1. The molecule has 1 N–H and O–H groups in total. The van der Waals surface area contributed by atoms with Gasteiger partial charge in [-0.1, -0.05) is 0 Å². The molecule has 0 aromatic carbocycles. The molecule has 0 aromatic rings. The fourth-order valence-electron chi connectivity index (χ4n) is 1.23. The summed E-state index contributed by atoms with van der Waals surface area (Å²) in [6, 6.07) is 0. The molecule has 0 amide bonds. The average Bonchev–Trinajstić information content (AvgIpc) is 2.06. The predicted octanol–water partition coefficient (Wildman–Crippen LogP) is 1.22. The molecule has 0 fully saturated rings. The Bertz CT molecular complexity index is 212. The Morgan fingerprint density at radius 2 is 2.21 bits per heavy atom. The number of halogens is 3. The van der Waals surface area contributed by atoms with Crippen molar-refractivity contribution >= 4 is 5.96 Å². The molecule has 0 aliphatic carbocycles. The molecule has 0 bridgehead atoms. The molecule has 0 aromatic heterocycles. The van der Waals surface area contributed by atoms with Crippen molar-refractivity contribution in [3.63, 3.8) is 0 Å². The Kier molecular flexibility index (Phi) is 3.60. The van der Waals surface area contributed by atoms with Crippen LogP contribution in [0, 0.1) is 0 Å². The second kappa shape index (κ2) is 4.52. The largest absolute Gasteiger partial charge is 0.390 e. The van der Waals surface area contributed by atoms with E-state index in [1.165, 1.54) is 0 Å². The van der Waals surface area contributed by atoms with E-state index in [9.17, 15) is 13.2 Å². The van der Waals surface area contributed by atoms with Crippen LogP contribution in [-0.2, 0) is 0 Å². The molecular formula is C8H14F3N3. The maximum atomic E-state index is 11.8. The summed E-state index contributed by atoms with van der Waals surface area (Å²) in [6.45, 7) is 1.43. The monoisotopic (exact) mass is 209 g/mol. The van der Waals surface area contributed by atoms with Gasteiger partial charge in [-0.25, -0.2) is 0 Å². The van der Waals surface area contributed by atoms with Crippen LogP contribution in [0.4, 0.5) is 13.2 Å². The fraction of sp³-hybridized carbons (Fsp3) is 0.875. The molecule has 1 rings (SSSR count). The minimum atomic E-state index is -4.10. The summed E-state index contributed by atoms with van der Waals surface area (Å²) >= 11 is 0. The van der Waals surface area contributed by atoms with Crippen LogP contribution in [-0.4, -0.2) is 43.7 Å². The lowest BCUT2D eigenvalue weighted by Crippen LogP contribution is -2.43. The van der Waals surface area contributed by atoms with E-state index in [4.69, 9.17) is 0 Å². The maximum absolute atomic E-state index is 11.8. The third-order valence-electron chi connectivity index (χ3n) is 1.97. The number of hydrogen-bond acceptors (Lipinski definition) is 3. The van der Waals surface area contributed by atoms with Gasteiger partial charge >= 0.3 is 6.18 Å². The van der Waals surface area contributed by atoms with E-state index in [0.29, 0.717) is 12.5 Å². The highest BCUT2D eigenvalue weighted by atomic mass is 19.4. The van der Waals surface area contributed by atoms with Crippen LogP contribution in [0.5, 0.6) is 0 Å². The predicted molar refractivity (Wildman–Crippen MR) is 48.2 cm³/mol. The normalized spacial score (nSPS) is 18.0. The van der Waals surface area contributed by atoms with E-state index in [-0.39, 0.29) is 6.54 Å². The summed E-state index contributed by atoms with van der Waals surface area (Å²) in [4.78, 5) is 5.93. The number of hydrogen-bond donors (Lipinski definition) is 1. The van der Waals surface area contributed by atoms with E-state index < -0.39 is 12.6 Å². The number of nitrogens with one attached hydrogen (secondary N) is 1. The van der Waals surface area contributed by atoms with Gasteiger partial charge in [0.15, 0.2) is 5.96 Å². The van der Waals surface area contributed by atoms with Gasteiger partial charge in [0.1, 0.15) is 0 Å². The van der Waals surface area contributed by atoms with E-state index in [0.717, 1.165) is 13.0 Å². The minimum Gasteiger partial charge on any atom is -0.356 e. The van der Waals surface area contributed by atoms with E-state index in [1.54, 1.807) is 0 Å². The van der Waals surface area contributed by atoms with E-state index in [1.807, 2.05) is 11.9 Å². The zero-order chi connectivity index (χ0) is 10.6. The highest BCUT2D eigenvalue weighted by Crippen LogP contribution is 2.18. The first-order valence-corrected chi connectivity index (χ1v) is 4.55. The topological polar surface area (TPSA) is 27.6 Å². The summed E-state index contributed by atoms with van der Waals surface area (Å²) in [5, 5.41) is 2.68. The lowest BCUT2D eigenvalue weighted by atomic mass is 10.3. The molecular weight excluding hydrogens is 195 g/mol. The summed E-state index contributed by atoms with van der Waals surface area (Å²) < 4.78 is 35.4. The first-order chi connectivity index (χ1) is 6.49. The molecule has 1 heterocycles. The third-order valence-corrected chi connectivity index (χ3v) is 1.97. The first-order valence-electron chi connectivity index (χ1n) is 4.55. The average molecular weight is 209 g/mol. The minimum absolute atomic E-state index is 0.104. The summed E-state index contributed by atoms with van der Waals surface area (Å²) in [5.74, 6) is 0.570. The number of rotatable bonds is 2. The van der Waals surface area contributed by atoms with Gasteiger partial charge < -0.3 is 10.2 Å². The van der Waals surface area contributed by atoms with Crippen LogP contribution in [0.1, 0.15) is 12.8 Å². The van der Waals surface area contributed by atoms with Gasteiger partial charge in [-0.3, -0.25) is 4.99 Å². The van der Waals surface area contributed by atoms with Crippen LogP contribution < -0.4 is 5.32 Å². The van der Waals surface area contributed by atoms with Gasteiger partial charge in [0.2, 0.25) is 0 Å². The highest BCUT2D eigenvalue weighted by Gasteiger charge is 2.26. The van der Waals surface area contributed by atoms with Gasteiger partial charge in [-0.2, -0.15) is 13.2 Å². The van der Waals surface area contributed by atoms with Gasteiger partial charge in [0.25, 0.3) is 0 Å². The van der Waals surface area contributed by atoms with Crippen molar-refractivity contribution in [2.24, 2.45) is 4.99 Å². The Morgan fingerprint density at radius 3 is 2.79 bits per heavy atom. The number of aliphatic imine (C=N–C) groups is 1. The second-order valence-electron chi connectivity index (χ2n) is 3.27. The zero-order valence-corrected chi connectivity index (χ0v) is 8.06. The molecule has 0 saturated heterocycles. The van der Waals surface area contributed by atoms with Gasteiger partial charge in [0.05, 0.1) is 6.42 Å². The smallest absolute Gasteiger partial charge is 0.356 e. The quantitative estimate of drug-likeness (QED) is 0.740. The SMILES string of the molecule is CN1CCCN=C1NCCC(F)(F)F. The lowest BCUT2D eigenvalue weighted by Gasteiger charge is -2.25. The Labute approximate surface area is 81.0 Å².